The predicted octanol–water partition coefficient (Wildman–Crippen LogP) is 0.653. The first-order chi connectivity index (χ1) is 8.03. The molecule has 1 amide bonds. The van der Waals surface area contributed by atoms with E-state index in [4.69, 9.17) is 10.4 Å². The minimum Gasteiger partial charge on any atom is -0.359 e. The van der Waals surface area contributed by atoms with Crippen molar-refractivity contribution in [2.24, 2.45) is 5.84 Å². The lowest BCUT2D eigenvalue weighted by molar-refractivity contribution is 0.0944. The molecule has 1 aromatic rings. The SMILES string of the molecule is CC1(C)CCCN1Cc1cc(C(=O)NN)no1. The summed E-state index contributed by atoms with van der Waals surface area (Å²) in [5, 5.41) is 3.68. The molecule has 0 radical (unpaired) electrons. The maximum atomic E-state index is 11.2. The fraction of sp³-hybridized carbons (Fsp3) is 0.636. The Morgan fingerprint density at radius 2 is 2.47 bits per heavy atom. The van der Waals surface area contributed by atoms with Crippen molar-refractivity contribution in [3.63, 3.8) is 0 Å². The van der Waals surface area contributed by atoms with Crippen LogP contribution in [-0.2, 0) is 6.54 Å². The van der Waals surface area contributed by atoms with Gasteiger partial charge < -0.3 is 4.52 Å². The van der Waals surface area contributed by atoms with Gasteiger partial charge in [0.2, 0.25) is 0 Å². The highest BCUT2D eigenvalue weighted by molar-refractivity contribution is 5.91. The monoisotopic (exact) mass is 238 g/mol. The number of nitrogens with one attached hydrogen (secondary N) is 1. The summed E-state index contributed by atoms with van der Waals surface area (Å²) in [6.45, 7) is 6.15. The van der Waals surface area contributed by atoms with Gasteiger partial charge in [0.15, 0.2) is 11.5 Å². The maximum Gasteiger partial charge on any atom is 0.287 e. The molecule has 1 saturated heterocycles. The second-order valence-corrected chi connectivity index (χ2v) is 4.99. The Morgan fingerprint density at radius 1 is 1.71 bits per heavy atom. The lowest BCUT2D eigenvalue weighted by Crippen LogP contribution is -2.37. The fourth-order valence-corrected chi connectivity index (χ4v) is 2.21. The van der Waals surface area contributed by atoms with Crippen molar-refractivity contribution >= 4 is 5.91 Å². The molecular weight excluding hydrogens is 220 g/mol. The van der Waals surface area contributed by atoms with Gasteiger partial charge in [0.25, 0.3) is 5.91 Å². The Labute approximate surface area is 100 Å². The third-order valence-electron chi connectivity index (χ3n) is 3.34. The Kier molecular flexibility index (Phi) is 3.17. The zero-order valence-corrected chi connectivity index (χ0v) is 10.2. The molecule has 0 saturated carbocycles. The van der Waals surface area contributed by atoms with E-state index in [2.05, 4.69) is 23.9 Å². The molecular formula is C11H18N4O2. The first-order valence-electron chi connectivity index (χ1n) is 5.74. The number of amides is 1. The molecule has 1 fully saturated rings. The lowest BCUT2D eigenvalue weighted by atomic mass is 10.0. The number of nitrogen functional groups attached to an aromatic ring is 1. The topological polar surface area (TPSA) is 84.4 Å². The van der Waals surface area contributed by atoms with Gasteiger partial charge in [-0.25, -0.2) is 5.84 Å². The highest BCUT2D eigenvalue weighted by Crippen LogP contribution is 2.29. The van der Waals surface area contributed by atoms with Crippen LogP contribution in [0.1, 0.15) is 42.9 Å². The molecule has 6 nitrogen and oxygen atoms in total. The second-order valence-electron chi connectivity index (χ2n) is 4.99. The van der Waals surface area contributed by atoms with E-state index in [1.54, 1.807) is 6.07 Å². The van der Waals surface area contributed by atoms with Gasteiger partial charge in [0.1, 0.15) is 0 Å². The summed E-state index contributed by atoms with van der Waals surface area (Å²) < 4.78 is 5.13. The molecule has 0 atom stereocenters. The quantitative estimate of drug-likeness (QED) is 0.459. The van der Waals surface area contributed by atoms with Crippen LogP contribution in [0.3, 0.4) is 0 Å². The molecule has 1 aromatic heterocycles. The van der Waals surface area contributed by atoms with E-state index < -0.39 is 5.91 Å². The summed E-state index contributed by atoms with van der Waals surface area (Å²) in [6.07, 6.45) is 2.37. The molecule has 0 bridgehead atoms. The van der Waals surface area contributed by atoms with Crippen molar-refractivity contribution in [3.05, 3.63) is 17.5 Å². The van der Waals surface area contributed by atoms with Gasteiger partial charge in [0.05, 0.1) is 6.54 Å². The summed E-state index contributed by atoms with van der Waals surface area (Å²) in [4.78, 5) is 13.6. The Hall–Kier alpha value is -1.40. The van der Waals surface area contributed by atoms with Gasteiger partial charge in [-0.2, -0.15) is 0 Å². The number of carbonyl (C=O) groups is 1. The van der Waals surface area contributed by atoms with Gasteiger partial charge in [-0.3, -0.25) is 15.1 Å². The highest BCUT2D eigenvalue weighted by Gasteiger charge is 2.32. The molecule has 6 heteroatoms. The zero-order chi connectivity index (χ0) is 12.5. The number of rotatable bonds is 3. The number of likely N-dealkylation sites (tertiary alicyclic amines) is 1. The largest absolute Gasteiger partial charge is 0.359 e. The molecule has 94 valence electrons. The normalized spacial score (nSPS) is 19.5. The van der Waals surface area contributed by atoms with E-state index in [-0.39, 0.29) is 11.2 Å². The molecule has 0 spiro atoms. The van der Waals surface area contributed by atoms with E-state index in [1.807, 2.05) is 5.43 Å². The summed E-state index contributed by atoms with van der Waals surface area (Å²) in [7, 11) is 0. The number of nitrogens with two attached hydrogens (primary N) is 1. The van der Waals surface area contributed by atoms with Crippen LogP contribution in [0.4, 0.5) is 0 Å². The average molecular weight is 238 g/mol. The van der Waals surface area contributed by atoms with Crippen molar-refractivity contribution in [1.82, 2.24) is 15.5 Å². The van der Waals surface area contributed by atoms with Crippen molar-refractivity contribution in [3.8, 4) is 0 Å². The maximum absolute atomic E-state index is 11.2. The highest BCUT2D eigenvalue weighted by atomic mass is 16.5. The molecule has 0 aliphatic carbocycles. The Bertz CT molecular complexity index is 413. The van der Waals surface area contributed by atoms with E-state index in [1.165, 1.54) is 12.8 Å². The summed E-state index contributed by atoms with van der Waals surface area (Å²) >= 11 is 0. The van der Waals surface area contributed by atoms with E-state index in [9.17, 15) is 4.79 Å². The van der Waals surface area contributed by atoms with Gasteiger partial charge >= 0.3 is 0 Å². The smallest absolute Gasteiger partial charge is 0.287 e. The summed E-state index contributed by atoms with van der Waals surface area (Å²) in [5.41, 5.74) is 2.43. The molecule has 2 rings (SSSR count). The third-order valence-corrected chi connectivity index (χ3v) is 3.34. The number of hydrogen-bond acceptors (Lipinski definition) is 5. The predicted molar refractivity (Wildman–Crippen MR) is 61.9 cm³/mol. The molecule has 0 aromatic carbocycles. The van der Waals surface area contributed by atoms with Gasteiger partial charge in [-0.15, -0.1) is 0 Å². The molecule has 0 unspecified atom stereocenters. The molecule has 2 heterocycles. The van der Waals surface area contributed by atoms with Crippen LogP contribution in [0.2, 0.25) is 0 Å². The van der Waals surface area contributed by atoms with Crippen LogP contribution < -0.4 is 11.3 Å². The van der Waals surface area contributed by atoms with Crippen LogP contribution in [0.25, 0.3) is 0 Å². The minimum absolute atomic E-state index is 0.184. The van der Waals surface area contributed by atoms with Crippen LogP contribution in [0.15, 0.2) is 10.6 Å². The molecule has 17 heavy (non-hydrogen) atoms. The van der Waals surface area contributed by atoms with Crippen LogP contribution in [0, 0.1) is 0 Å². The molecule has 1 aliphatic heterocycles. The second kappa shape index (κ2) is 4.46. The Morgan fingerprint density at radius 3 is 3.06 bits per heavy atom. The lowest BCUT2D eigenvalue weighted by Gasteiger charge is -2.30. The average Bonchev–Trinajstić information content (AvgIpc) is 2.86. The van der Waals surface area contributed by atoms with Gasteiger partial charge in [0, 0.05) is 11.6 Å². The molecule has 3 N–H and O–H groups in total. The minimum atomic E-state index is -0.430. The van der Waals surface area contributed by atoms with Gasteiger partial charge in [-0.05, 0) is 33.2 Å². The van der Waals surface area contributed by atoms with Crippen LogP contribution in [-0.4, -0.2) is 28.0 Å². The number of nitrogens with zero attached hydrogens (tertiary/aromatic N) is 2. The number of hydrazine groups is 1. The summed E-state index contributed by atoms with van der Waals surface area (Å²) in [5.74, 6) is 5.29. The van der Waals surface area contributed by atoms with Crippen molar-refractivity contribution in [1.29, 1.82) is 0 Å². The van der Waals surface area contributed by atoms with E-state index >= 15 is 0 Å². The number of hydrogen-bond donors (Lipinski definition) is 2. The van der Waals surface area contributed by atoms with Crippen molar-refractivity contribution < 1.29 is 9.32 Å². The van der Waals surface area contributed by atoms with Gasteiger partial charge in [-0.1, -0.05) is 5.16 Å². The summed E-state index contributed by atoms with van der Waals surface area (Å²) in [6, 6.07) is 1.64. The van der Waals surface area contributed by atoms with E-state index in [0.29, 0.717) is 12.3 Å². The van der Waals surface area contributed by atoms with E-state index in [0.717, 1.165) is 6.54 Å². The number of carbonyl (C=O) groups excluding carboxylic acids is 1. The number of aromatic nitrogens is 1. The van der Waals surface area contributed by atoms with Crippen molar-refractivity contribution in [2.45, 2.75) is 38.8 Å². The standard InChI is InChI=1S/C11H18N4O2/c1-11(2)4-3-5-15(11)7-8-6-9(14-17-8)10(16)13-12/h6H,3-5,7,12H2,1-2H3,(H,13,16). The third kappa shape index (κ3) is 2.48. The van der Waals surface area contributed by atoms with Crippen LogP contribution >= 0.6 is 0 Å². The zero-order valence-electron chi connectivity index (χ0n) is 10.2. The Balaban J connectivity index is 2.04. The first-order valence-corrected chi connectivity index (χ1v) is 5.74. The first kappa shape index (κ1) is 12.1. The molecule has 1 aliphatic rings. The van der Waals surface area contributed by atoms with Crippen molar-refractivity contribution in [2.75, 3.05) is 6.54 Å². The fourth-order valence-electron chi connectivity index (χ4n) is 2.21. The van der Waals surface area contributed by atoms with Crippen LogP contribution in [0.5, 0.6) is 0 Å².